The molecule has 0 aliphatic carbocycles. The Balaban J connectivity index is 2.21. The van der Waals surface area contributed by atoms with Gasteiger partial charge in [0.25, 0.3) is 0 Å². The van der Waals surface area contributed by atoms with Crippen molar-refractivity contribution in [1.29, 1.82) is 0 Å². The lowest BCUT2D eigenvalue weighted by molar-refractivity contribution is -0.295. The van der Waals surface area contributed by atoms with E-state index >= 15 is 0 Å². The molecule has 23 heavy (non-hydrogen) atoms. The molecule has 1 heterocycles. The summed E-state index contributed by atoms with van der Waals surface area (Å²) in [7, 11) is 1.41. The third-order valence-corrected chi connectivity index (χ3v) is 5.79. The molecule has 0 amide bonds. The largest absolute Gasteiger partial charge is 0.545 e. The molecule has 2 rings (SSSR count). The van der Waals surface area contributed by atoms with Crippen LogP contribution in [0.5, 0.6) is 0 Å². The third kappa shape index (κ3) is 4.20. The van der Waals surface area contributed by atoms with Gasteiger partial charge in [-0.25, -0.2) is 0 Å². The summed E-state index contributed by atoms with van der Waals surface area (Å²) in [5.74, 6) is -0.647. The molecule has 1 aromatic rings. The van der Waals surface area contributed by atoms with Crippen LogP contribution < -0.4 is 5.11 Å². The number of aliphatic carboxylic acids is 1. The first-order valence-corrected chi connectivity index (χ1v) is 8.78. The molecule has 0 fully saturated rings. The highest BCUT2D eigenvalue weighted by Crippen LogP contribution is 2.42. The number of aliphatic imine (C=N–C) groups is 1. The molecule has 0 spiro atoms. The molecule has 0 radical (unpaired) electrons. The molecule has 0 atom stereocenters. The van der Waals surface area contributed by atoms with E-state index in [1.807, 2.05) is 26.0 Å². The van der Waals surface area contributed by atoms with Gasteiger partial charge in [-0.15, -0.1) is 0 Å². The van der Waals surface area contributed by atoms with Crippen molar-refractivity contribution in [1.82, 2.24) is 0 Å². The van der Waals surface area contributed by atoms with E-state index in [1.54, 1.807) is 35.7 Å². The minimum atomic E-state index is -1.26. The third-order valence-electron chi connectivity index (χ3n) is 3.38. The molecule has 0 unspecified atom stereocenters. The van der Waals surface area contributed by atoms with Gasteiger partial charge in [0.15, 0.2) is 0 Å². The number of carboxylic acid groups (broad SMARTS) is 1. The predicted molar refractivity (Wildman–Crippen MR) is 96.0 cm³/mol. The number of carbonyl (C=O) groups is 1. The summed E-state index contributed by atoms with van der Waals surface area (Å²) < 4.78 is 5.81. The number of benzene rings is 1. The molecular formula is C17H18NO3S2-. The molecule has 0 N–H and O–H groups in total. The van der Waals surface area contributed by atoms with Crippen molar-refractivity contribution < 1.29 is 14.6 Å². The summed E-state index contributed by atoms with van der Waals surface area (Å²) in [4.78, 5) is 17.0. The van der Waals surface area contributed by atoms with Gasteiger partial charge in [0.1, 0.15) is 4.38 Å². The maximum absolute atomic E-state index is 11.3. The van der Waals surface area contributed by atoms with E-state index in [9.17, 15) is 9.90 Å². The number of thioether (sulfide) groups is 2. The van der Waals surface area contributed by atoms with Crippen molar-refractivity contribution in [3.8, 4) is 0 Å². The first-order chi connectivity index (χ1) is 10.8. The Kier molecular flexibility index (Phi) is 5.59. The summed E-state index contributed by atoms with van der Waals surface area (Å²) in [5.41, 5.74) is 1.28. The zero-order valence-corrected chi connectivity index (χ0v) is 14.9. The van der Waals surface area contributed by atoms with Gasteiger partial charge in [0.2, 0.25) is 0 Å². The zero-order chi connectivity index (χ0) is 17.0. The summed E-state index contributed by atoms with van der Waals surface area (Å²) in [5, 5.41) is 11.3. The fraction of sp³-hybridized carbons (Fsp3) is 0.294. The Hall–Kier alpha value is -1.66. The monoisotopic (exact) mass is 348 g/mol. The highest BCUT2D eigenvalue weighted by Gasteiger charge is 2.30. The van der Waals surface area contributed by atoms with Gasteiger partial charge >= 0.3 is 0 Å². The van der Waals surface area contributed by atoms with Crippen molar-refractivity contribution in [2.45, 2.75) is 25.1 Å². The quantitative estimate of drug-likeness (QED) is 0.604. The molecule has 6 heteroatoms. The molecule has 0 bridgehead atoms. The molecule has 1 aliphatic heterocycles. The average Bonchev–Trinajstić information content (AvgIpc) is 2.76. The number of carboxylic acids is 1. The standard InChI is InChI=1S/C17H19NO3S2/c1-11-17(2,3)18-16(23-11)22-10-12-7-5-6-8-13(12)14(9-21-4)15(19)20/h5-9H,1,10H2,2-4H3,(H,19,20)/p-1/b14-9+. The molecule has 0 saturated carbocycles. The molecule has 1 aromatic carbocycles. The van der Waals surface area contributed by atoms with Crippen LogP contribution in [0, 0.1) is 0 Å². The number of carbonyl (C=O) groups excluding carboxylic acids is 1. The number of methoxy groups -OCH3 is 1. The first-order valence-electron chi connectivity index (χ1n) is 6.97. The topological polar surface area (TPSA) is 61.7 Å². The SMILES string of the molecule is C=C1SC(SCc2ccccc2/C(=C\OC)C(=O)[O-])=NC1(C)C. The molecular weight excluding hydrogens is 330 g/mol. The smallest absolute Gasteiger partial charge is 0.130 e. The van der Waals surface area contributed by atoms with Crippen molar-refractivity contribution in [3.63, 3.8) is 0 Å². The Morgan fingerprint density at radius 1 is 1.48 bits per heavy atom. The van der Waals surface area contributed by atoms with Gasteiger partial charge in [0.05, 0.1) is 24.9 Å². The van der Waals surface area contributed by atoms with Crippen molar-refractivity contribution in [2.24, 2.45) is 4.99 Å². The van der Waals surface area contributed by atoms with Crippen LogP contribution in [0.1, 0.15) is 25.0 Å². The highest BCUT2D eigenvalue weighted by atomic mass is 32.2. The van der Waals surface area contributed by atoms with Crippen LogP contribution in [-0.4, -0.2) is 23.0 Å². The second-order valence-corrected chi connectivity index (χ2v) is 7.77. The number of nitrogens with zero attached hydrogens (tertiary/aromatic N) is 1. The number of hydrogen-bond acceptors (Lipinski definition) is 6. The van der Waals surface area contributed by atoms with Crippen LogP contribution in [0.3, 0.4) is 0 Å². The van der Waals surface area contributed by atoms with E-state index < -0.39 is 5.97 Å². The lowest BCUT2D eigenvalue weighted by atomic mass is 10.0. The maximum atomic E-state index is 11.3. The maximum Gasteiger partial charge on any atom is 0.130 e. The van der Waals surface area contributed by atoms with Crippen molar-refractivity contribution in [2.75, 3.05) is 7.11 Å². The Morgan fingerprint density at radius 3 is 2.74 bits per heavy atom. The zero-order valence-electron chi connectivity index (χ0n) is 13.3. The number of rotatable bonds is 5. The van der Waals surface area contributed by atoms with E-state index in [1.165, 1.54) is 13.4 Å². The number of ether oxygens (including phenoxy) is 1. The molecule has 4 nitrogen and oxygen atoms in total. The van der Waals surface area contributed by atoms with E-state index in [2.05, 4.69) is 11.6 Å². The van der Waals surface area contributed by atoms with Crippen LogP contribution in [0.15, 0.2) is 47.0 Å². The van der Waals surface area contributed by atoms with Gasteiger partial charge in [0, 0.05) is 16.2 Å². The van der Waals surface area contributed by atoms with Crippen LogP contribution in [0.2, 0.25) is 0 Å². The second-order valence-electron chi connectivity index (χ2n) is 5.46. The summed E-state index contributed by atoms with van der Waals surface area (Å²) in [6.07, 6.45) is 1.20. The van der Waals surface area contributed by atoms with Crippen LogP contribution in [-0.2, 0) is 15.3 Å². The van der Waals surface area contributed by atoms with Gasteiger partial charge in [-0.3, -0.25) is 4.99 Å². The minimum absolute atomic E-state index is 0.0365. The first kappa shape index (κ1) is 17.7. The van der Waals surface area contributed by atoms with Crippen LogP contribution in [0.4, 0.5) is 0 Å². The number of hydrogen-bond donors (Lipinski definition) is 0. The van der Waals surface area contributed by atoms with Gasteiger partial charge in [-0.2, -0.15) is 0 Å². The fourth-order valence-corrected chi connectivity index (χ4v) is 4.31. The average molecular weight is 348 g/mol. The Bertz CT molecular complexity index is 693. The lowest BCUT2D eigenvalue weighted by Crippen LogP contribution is -2.24. The normalized spacial score (nSPS) is 17.1. The van der Waals surface area contributed by atoms with Gasteiger partial charge in [-0.1, -0.05) is 54.4 Å². The van der Waals surface area contributed by atoms with Crippen molar-refractivity contribution >= 4 is 39.4 Å². The van der Waals surface area contributed by atoms with Crippen LogP contribution >= 0.6 is 23.5 Å². The van der Waals surface area contributed by atoms with E-state index in [4.69, 9.17) is 4.74 Å². The van der Waals surface area contributed by atoms with Gasteiger partial charge < -0.3 is 14.6 Å². The highest BCUT2D eigenvalue weighted by molar-refractivity contribution is 8.40. The summed E-state index contributed by atoms with van der Waals surface area (Å²) >= 11 is 3.15. The fourth-order valence-electron chi connectivity index (χ4n) is 1.99. The van der Waals surface area contributed by atoms with Crippen molar-refractivity contribution in [3.05, 3.63) is 53.1 Å². The predicted octanol–water partition coefficient (Wildman–Crippen LogP) is 3.05. The Labute approximate surface area is 144 Å². The Morgan fingerprint density at radius 2 is 2.17 bits per heavy atom. The summed E-state index contributed by atoms with van der Waals surface area (Å²) in [6, 6.07) is 7.33. The van der Waals surface area contributed by atoms with Crippen LogP contribution in [0.25, 0.3) is 5.57 Å². The molecule has 122 valence electrons. The lowest BCUT2D eigenvalue weighted by Gasteiger charge is -2.13. The van der Waals surface area contributed by atoms with E-state index in [0.717, 1.165) is 14.8 Å². The molecule has 0 aromatic heterocycles. The van der Waals surface area contributed by atoms with E-state index in [-0.39, 0.29) is 11.1 Å². The second kappa shape index (κ2) is 7.27. The van der Waals surface area contributed by atoms with Gasteiger partial charge in [-0.05, 0) is 25.0 Å². The molecule has 1 aliphatic rings. The minimum Gasteiger partial charge on any atom is -0.545 e. The summed E-state index contributed by atoms with van der Waals surface area (Å²) in [6.45, 7) is 8.08. The molecule has 0 saturated heterocycles. The van der Waals surface area contributed by atoms with E-state index in [0.29, 0.717) is 11.3 Å².